The van der Waals surface area contributed by atoms with Gasteiger partial charge in [-0.2, -0.15) is 0 Å². The van der Waals surface area contributed by atoms with Gasteiger partial charge < -0.3 is 15.3 Å². The summed E-state index contributed by atoms with van der Waals surface area (Å²) in [5, 5.41) is 12.8. The summed E-state index contributed by atoms with van der Waals surface area (Å²) in [5.41, 5.74) is 1.67. The Bertz CT molecular complexity index is 410. The van der Waals surface area contributed by atoms with E-state index in [4.69, 9.17) is 0 Å². The van der Waals surface area contributed by atoms with Crippen molar-refractivity contribution < 1.29 is 9.90 Å². The van der Waals surface area contributed by atoms with Crippen LogP contribution in [0.15, 0.2) is 24.3 Å². The number of benzene rings is 1. The van der Waals surface area contributed by atoms with Crippen molar-refractivity contribution in [3.8, 4) is 0 Å². The zero-order valence-corrected chi connectivity index (χ0v) is 10.9. The van der Waals surface area contributed by atoms with Gasteiger partial charge in [0.05, 0.1) is 6.10 Å². The summed E-state index contributed by atoms with van der Waals surface area (Å²) in [6.07, 6.45) is 1.52. The van der Waals surface area contributed by atoms with Gasteiger partial charge in [0.25, 0.3) is 0 Å². The van der Waals surface area contributed by atoms with E-state index in [-0.39, 0.29) is 11.8 Å². The smallest absolute Gasteiger partial charge is 0.227 e. The molecule has 1 aromatic rings. The number of carbonyl (C=O) groups excluding carboxylic acids is 1. The van der Waals surface area contributed by atoms with Gasteiger partial charge in [-0.3, -0.25) is 4.79 Å². The summed E-state index contributed by atoms with van der Waals surface area (Å²) in [4.78, 5) is 13.5. The Morgan fingerprint density at radius 2 is 2.00 bits per heavy atom. The van der Waals surface area contributed by atoms with E-state index in [0.717, 1.165) is 24.1 Å². The van der Waals surface area contributed by atoms with Crippen molar-refractivity contribution in [1.29, 1.82) is 0 Å². The van der Waals surface area contributed by atoms with Crippen LogP contribution in [0.5, 0.6) is 0 Å². The SMILES string of the molecule is CN(C)CC(O)c1ccc(NC(=O)C2CC2)cc1. The minimum Gasteiger partial charge on any atom is -0.387 e. The summed E-state index contributed by atoms with van der Waals surface area (Å²) in [6.45, 7) is 0.591. The molecule has 0 aliphatic heterocycles. The number of carbonyl (C=O) groups is 1. The van der Waals surface area contributed by atoms with Crippen molar-refractivity contribution >= 4 is 11.6 Å². The topological polar surface area (TPSA) is 52.6 Å². The molecule has 1 atom stereocenters. The molecule has 0 heterocycles. The van der Waals surface area contributed by atoms with Crippen LogP contribution in [-0.4, -0.2) is 36.6 Å². The first-order valence-corrected chi connectivity index (χ1v) is 6.30. The molecule has 1 aliphatic rings. The van der Waals surface area contributed by atoms with Crippen molar-refractivity contribution in [2.45, 2.75) is 18.9 Å². The quantitative estimate of drug-likeness (QED) is 0.832. The highest BCUT2D eigenvalue weighted by Gasteiger charge is 2.29. The molecule has 0 radical (unpaired) electrons. The predicted octanol–water partition coefficient (Wildman–Crippen LogP) is 1.63. The standard InChI is InChI=1S/C14H20N2O2/c1-16(2)9-13(17)10-5-7-12(8-6-10)15-14(18)11-3-4-11/h5-8,11,13,17H,3-4,9H2,1-2H3,(H,15,18). The molecule has 18 heavy (non-hydrogen) atoms. The minimum atomic E-state index is -0.492. The second kappa shape index (κ2) is 5.50. The van der Waals surface area contributed by atoms with Crippen molar-refractivity contribution in [3.63, 3.8) is 0 Å². The molecule has 2 N–H and O–H groups in total. The molecule has 0 aromatic heterocycles. The molecule has 0 bridgehead atoms. The second-order valence-corrected chi connectivity index (χ2v) is 5.16. The van der Waals surface area contributed by atoms with Crippen molar-refractivity contribution in [2.24, 2.45) is 5.92 Å². The van der Waals surface area contributed by atoms with E-state index >= 15 is 0 Å². The Labute approximate surface area is 108 Å². The first-order valence-electron chi connectivity index (χ1n) is 6.30. The molecule has 1 saturated carbocycles. The van der Waals surface area contributed by atoms with Crippen LogP contribution in [0.2, 0.25) is 0 Å². The molecule has 2 rings (SSSR count). The summed E-state index contributed by atoms with van der Waals surface area (Å²) in [7, 11) is 3.85. The second-order valence-electron chi connectivity index (χ2n) is 5.16. The zero-order chi connectivity index (χ0) is 13.1. The summed E-state index contributed by atoms with van der Waals surface area (Å²) in [6, 6.07) is 7.40. The van der Waals surface area contributed by atoms with E-state index in [2.05, 4.69) is 5.32 Å². The van der Waals surface area contributed by atoms with Gasteiger partial charge in [-0.25, -0.2) is 0 Å². The molecule has 0 spiro atoms. The molecule has 4 heteroatoms. The molecule has 1 unspecified atom stereocenters. The fourth-order valence-corrected chi connectivity index (χ4v) is 1.83. The van der Waals surface area contributed by atoms with Crippen molar-refractivity contribution in [2.75, 3.05) is 26.0 Å². The molecular formula is C14H20N2O2. The third kappa shape index (κ3) is 3.55. The molecule has 1 aliphatic carbocycles. The lowest BCUT2D eigenvalue weighted by Gasteiger charge is -2.16. The highest BCUT2D eigenvalue weighted by molar-refractivity contribution is 5.93. The lowest BCUT2D eigenvalue weighted by atomic mass is 10.1. The van der Waals surface area contributed by atoms with Crippen LogP contribution in [0.3, 0.4) is 0 Å². The lowest BCUT2D eigenvalue weighted by Crippen LogP contribution is -2.20. The fourth-order valence-electron chi connectivity index (χ4n) is 1.83. The van der Waals surface area contributed by atoms with E-state index in [1.165, 1.54) is 0 Å². The predicted molar refractivity (Wildman–Crippen MR) is 71.3 cm³/mol. The third-order valence-electron chi connectivity index (χ3n) is 3.05. The van der Waals surface area contributed by atoms with Gasteiger partial charge in [0.15, 0.2) is 0 Å². The van der Waals surface area contributed by atoms with Crippen LogP contribution in [0.1, 0.15) is 24.5 Å². The zero-order valence-electron chi connectivity index (χ0n) is 10.9. The molecule has 4 nitrogen and oxygen atoms in total. The molecule has 1 fully saturated rings. The van der Waals surface area contributed by atoms with E-state index < -0.39 is 6.10 Å². The average Bonchev–Trinajstić information content (AvgIpc) is 3.12. The molecule has 1 amide bonds. The Morgan fingerprint density at radius 1 is 1.39 bits per heavy atom. The number of aliphatic hydroxyl groups excluding tert-OH is 1. The maximum absolute atomic E-state index is 11.6. The van der Waals surface area contributed by atoms with Crippen LogP contribution in [-0.2, 0) is 4.79 Å². The van der Waals surface area contributed by atoms with Crippen LogP contribution in [0.25, 0.3) is 0 Å². The first kappa shape index (κ1) is 13.1. The highest BCUT2D eigenvalue weighted by Crippen LogP contribution is 2.30. The van der Waals surface area contributed by atoms with Crippen molar-refractivity contribution in [1.82, 2.24) is 4.90 Å². The number of anilines is 1. The van der Waals surface area contributed by atoms with Crippen LogP contribution >= 0.6 is 0 Å². The van der Waals surface area contributed by atoms with Gasteiger partial charge in [0.2, 0.25) is 5.91 Å². The monoisotopic (exact) mass is 248 g/mol. The van der Waals surface area contributed by atoms with Gasteiger partial charge in [-0.05, 0) is 44.6 Å². The Morgan fingerprint density at radius 3 is 2.50 bits per heavy atom. The average molecular weight is 248 g/mol. The number of nitrogens with zero attached hydrogens (tertiary/aromatic N) is 1. The molecule has 1 aromatic carbocycles. The number of hydrogen-bond donors (Lipinski definition) is 2. The number of nitrogens with one attached hydrogen (secondary N) is 1. The maximum atomic E-state index is 11.6. The number of likely N-dealkylation sites (N-methyl/N-ethyl adjacent to an activating group) is 1. The number of aliphatic hydroxyl groups is 1. The third-order valence-corrected chi connectivity index (χ3v) is 3.05. The fraction of sp³-hybridized carbons (Fsp3) is 0.500. The minimum absolute atomic E-state index is 0.108. The van der Waals surface area contributed by atoms with Crippen LogP contribution in [0, 0.1) is 5.92 Å². The van der Waals surface area contributed by atoms with Crippen molar-refractivity contribution in [3.05, 3.63) is 29.8 Å². The summed E-state index contributed by atoms with van der Waals surface area (Å²) >= 11 is 0. The summed E-state index contributed by atoms with van der Waals surface area (Å²) < 4.78 is 0. The number of rotatable bonds is 5. The van der Waals surface area contributed by atoms with Gasteiger partial charge >= 0.3 is 0 Å². The molecule has 0 saturated heterocycles. The molecule has 98 valence electrons. The van der Waals surface area contributed by atoms with Crippen LogP contribution < -0.4 is 5.32 Å². The van der Waals surface area contributed by atoms with Gasteiger partial charge in [0.1, 0.15) is 0 Å². The van der Waals surface area contributed by atoms with Gasteiger partial charge in [-0.1, -0.05) is 12.1 Å². The Kier molecular flexibility index (Phi) is 3.99. The Hall–Kier alpha value is -1.39. The van der Waals surface area contributed by atoms with E-state index in [9.17, 15) is 9.90 Å². The number of amides is 1. The van der Waals surface area contributed by atoms with E-state index in [1.807, 2.05) is 43.3 Å². The number of hydrogen-bond acceptors (Lipinski definition) is 3. The van der Waals surface area contributed by atoms with E-state index in [1.54, 1.807) is 0 Å². The lowest BCUT2D eigenvalue weighted by molar-refractivity contribution is -0.117. The first-order chi connectivity index (χ1) is 8.56. The highest BCUT2D eigenvalue weighted by atomic mass is 16.3. The maximum Gasteiger partial charge on any atom is 0.227 e. The largest absolute Gasteiger partial charge is 0.387 e. The van der Waals surface area contributed by atoms with Gasteiger partial charge in [0, 0.05) is 18.2 Å². The molecular weight excluding hydrogens is 228 g/mol. The summed E-state index contributed by atoms with van der Waals surface area (Å²) in [5.74, 6) is 0.320. The Balaban J connectivity index is 1.93. The normalized spacial score (nSPS) is 16.7. The van der Waals surface area contributed by atoms with E-state index in [0.29, 0.717) is 6.54 Å². The van der Waals surface area contributed by atoms with Gasteiger partial charge in [-0.15, -0.1) is 0 Å². The van der Waals surface area contributed by atoms with Crippen LogP contribution in [0.4, 0.5) is 5.69 Å².